The second kappa shape index (κ2) is 7.73. The molecule has 0 heterocycles. The summed E-state index contributed by atoms with van der Waals surface area (Å²) in [7, 11) is 0. The number of carboxylic acids is 1. The summed E-state index contributed by atoms with van der Waals surface area (Å²) in [6.45, 7) is 3.43. The minimum atomic E-state index is -1.53. The van der Waals surface area contributed by atoms with Crippen LogP contribution in [0, 0.1) is 0 Å². The van der Waals surface area contributed by atoms with Crippen molar-refractivity contribution in [2.24, 2.45) is 0 Å². The zero-order valence-electron chi connectivity index (χ0n) is 13.5. The van der Waals surface area contributed by atoms with Crippen LogP contribution in [0.1, 0.15) is 37.8 Å². The Morgan fingerprint density at radius 2 is 1.96 bits per heavy atom. The first-order valence-electron chi connectivity index (χ1n) is 7.72. The van der Waals surface area contributed by atoms with E-state index in [1.165, 1.54) is 29.7 Å². The maximum Gasteiger partial charge on any atom is 0.365 e. The molecule has 0 aliphatic heterocycles. The third-order valence-corrected chi connectivity index (χ3v) is 3.90. The van der Waals surface area contributed by atoms with Gasteiger partial charge in [0.15, 0.2) is 0 Å². The Kier molecular flexibility index (Phi) is 5.69. The number of carboxylic acid groups (broad SMARTS) is 1. The van der Waals surface area contributed by atoms with Gasteiger partial charge in [-0.15, -0.1) is 0 Å². The van der Waals surface area contributed by atoms with E-state index in [1.54, 1.807) is 6.08 Å². The number of aryl methyl sites for hydroxylation is 1. The lowest BCUT2D eigenvalue weighted by atomic mass is 9.86. The first kappa shape index (κ1) is 16.9. The van der Waals surface area contributed by atoms with Gasteiger partial charge >= 0.3 is 5.97 Å². The number of rotatable bonds is 4. The quantitative estimate of drug-likeness (QED) is 0.610. The number of hydrogen-bond acceptors (Lipinski definition) is 1. The molecule has 0 unspecified atom stereocenters. The molecule has 2 nitrogen and oxygen atoms in total. The average molecular weight is 312 g/mol. The van der Waals surface area contributed by atoms with Crippen molar-refractivity contribution < 1.29 is 14.3 Å². The predicted octanol–water partition coefficient (Wildman–Crippen LogP) is 5.24. The summed E-state index contributed by atoms with van der Waals surface area (Å²) in [4.78, 5) is 10.5. The van der Waals surface area contributed by atoms with Gasteiger partial charge in [-0.25, -0.2) is 4.79 Å². The summed E-state index contributed by atoms with van der Waals surface area (Å²) in [6, 6.07) is 8.45. The van der Waals surface area contributed by atoms with Gasteiger partial charge in [0.1, 0.15) is 0 Å². The number of hydrogen-bond donors (Lipinski definition) is 1. The fourth-order valence-electron chi connectivity index (χ4n) is 2.71. The van der Waals surface area contributed by atoms with Crippen LogP contribution in [0.5, 0.6) is 0 Å². The van der Waals surface area contributed by atoms with Gasteiger partial charge < -0.3 is 5.11 Å². The van der Waals surface area contributed by atoms with Crippen LogP contribution in [0.25, 0.3) is 5.57 Å². The first-order valence-corrected chi connectivity index (χ1v) is 7.72. The molecule has 1 N–H and O–H groups in total. The van der Waals surface area contributed by atoms with Gasteiger partial charge in [0.05, 0.1) is 0 Å². The van der Waals surface area contributed by atoms with Crippen molar-refractivity contribution >= 4 is 11.5 Å². The van der Waals surface area contributed by atoms with Crippen LogP contribution in [-0.2, 0) is 11.2 Å². The van der Waals surface area contributed by atoms with E-state index >= 15 is 0 Å². The van der Waals surface area contributed by atoms with Crippen LogP contribution in [0.4, 0.5) is 4.39 Å². The Balaban J connectivity index is 2.18. The van der Waals surface area contributed by atoms with Crippen LogP contribution >= 0.6 is 0 Å². The smallest absolute Gasteiger partial charge is 0.365 e. The van der Waals surface area contributed by atoms with Gasteiger partial charge in [0.2, 0.25) is 5.83 Å². The Hall–Kier alpha value is -2.42. The molecule has 0 saturated carbocycles. The van der Waals surface area contributed by atoms with E-state index in [4.69, 9.17) is 5.11 Å². The van der Waals surface area contributed by atoms with E-state index in [0.717, 1.165) is 24.8 Å². The van der Waals surface area contributed by atoms with E-state index < -0.39 is 11.8 Å². The highest BCUT2D eigenvalue weighted by molar-refractivity contribution is 5.85. The molecule has 0 atom stereocenters. The SMILES string of the molecule is CC(=C/C=C/C(C)=C(\F)C(=O)O)/C=C1\CCCc2ccccc21. The van der Waals surface area contributed by atoms with Crippen molar-refractivity contribution in [3.8, 4) is 0 Å². The molecule has 0 spiro atoms. The van der Waals surface area contributed by atoms with E-state index in [0.29, 0.717) is 0 Å². The Morgan fingerprint density at radius 1 is 1.22 bits per heavy atom. The van der Waals surface area contributed by atoms with Crippen molar-refractivity contribution in [3.05, 3.63) is 76.7 Å². The largest absolute Gasteiger partial charge is 0.476 e. The zero-order valence-corrected chi connectivity index (χ0v) is 13.5. The van der Waals surface area contributed by atoms with Crippen molar-refractivity contribution in [2.75, 3.05) is 0 Å². The van der Waals surface area contributed by atoms with Gasteiger partial charge in [-0.05, 0) is 55.4 Å². The van der Waals surface area contributed by atoms with Crippen molar-refractivity contribution in [1.82, 2.24) is 0 Å². The third-order valence-electron chi connectivity index (χ3n) is 3.90. The molecule has 0 saturated heterocycles. The number of allylic oxidation sites excluding steroid dienone is 7. The molecule has 0 fully saturated rings. The Bertz CT molecular complexity index is 721. The number of fused-ring (bicyclic) bond motifs is 1. The third kappa shape index (κ3) is 4.52. The highest BCUT2D eigenvalue weighted by Crippen LogP contribution is 2.31. The summed E-state index contributed by atoms with van der Waals surface area (Å²) in [5.41, 5.74) is 5.17. The van der Waals surface area contributed by atoms with Crippen LogP contribution in [0.2, 0.25) is 0 Å². The highest BCUT2D eigenvalue weighted by Gasteiger charge is 2.12. The predicted molar refractivity (Wildman–Crippen MR) is 91.7 cm³/mol. The van der Waals surface area contributed by atoms with Gasteiger partial charge in [0, 0.05) is 0 Å². The maximum atomic E-state index is 13.2. The topological polar surface area (TPSA) is 37.3 Å². The molecule has 3 heteroatoms. The van der Waals surface area contributed by atoms with Crippen molar-refractivity contribution in [2.45, 2.75) is 33.1 Å². The number of aliphatic carboxylic acids is 1. The summed E-state index contributed by atoms with van der Waals surface area (Å²) in [5, 5.41) is 8.58. The fourth-order valence-corrected chi connectivity index (χ4v) is 2.71. The summed E-state index contributed by atoms with van der Waals surface area (Å²) >= 11 is 0. The van der Waals surface area contributed by atoms with E-state index in [1.807, 2.05) is 13.0 Å². The van der Waals surface area contributed by atoms with Crippen molar-refractivity contribution in [1.29, 1.82) is 0 Å². The fraction of sp³-hybridized carbons (Fsp3) is 0.250. The number of benzene rings is 1. The zero-order chi connectivity index (χ0) is 16.8. The maximum absolute atomic E-state index is 13.2. The monoisotopic (exact) mass is 312 g/mol. The molecule has 120 valence electrons. The molecular weight excluding hydrogens is 291 g/mol. The minimum absolute atomic E-state index is 0.109. The van der Waals surface area contributed by atoms with E-state index in [2.05, 4.69) is 30.3 Å². The lowest BCUT2D eigenvalue weighted by Crippen LogP contribution is -2.01. The van der Waals surface area contributed by atoms with Crippen molar-refractivity contribution in [3.63, 3.8) is 0 Å². The number of halogens is 1. The normalized spacial score (nSPS) is 18.0. The molecule has 1 aromatic rings. The Morgan fingerprint density at radius 3 is 2.70 bits per heavy atom. The molecule has 0 bridgehead atoms. The molecule has 0 radical (unpaired) electrons. The molecular formula is C20H21FO2. The van der Waals surface area contributed by atoms with Gasteiger partial charge in [-0.3, -0.25) is 0 Å². The van der Waals surface area contributed by atoms with Crippen LogP contribution < -0.4 is 0 Å². The lowest BCUT2D eigenvalue weighted by molar-refractivity contribution is -0.134. The molecule has 2 rings (SSSR count). The van der Waals surface area contributed by atoms with Gasteiger partial charge in [-0.2, -0.15) is 4.39 Å². The molecule has 1 aromatic carbocycles. The number of carbonyl (C=O) groups is 1. The summed E-state index contributed by atoms with van der Waals surface area (Å²) < 4.78 is 13.2. The van der Waals surface area contributed by atoms with Crippen LogP contribution in [0.3, 0.4) is 0 Å². The second-order valence-corrected chi connectivity index (χ2v) is 5.75. The van der Waals surface area contributed by atoms with Crippen LogP contribution in [0.15, 0.2) is 65.5 Å². The Labute approximate surface area is 136 Å². The van der Waals surface area contributed by atoms with E-state index in [-0.39, 0.29) is 5.57 Å². The molecule has 0 amide bonds. The van der Waals surface area contributed by atoms with Crippen LogP contribution in [-0.4, -0.2) is 11.1 Å². The highest BCUT2D eigenvalue weighted by atomic mass is 19.1. The second-order valence-electron chi connectivity index (χ2n) is 5.75. The summed E-state index contributed by atoms with van der Waals surface area (Å²) in [5.74, 6) is -2.65. The molecule has 0 aromatic heterocycles. The molecule has 23 heavy (non-hydrogen) atoms. The standard InChI is InChI=1S/C20H21FO2/c1-14(7-5-8-15(2)19(21)20(22)23)13-17-11-6-10-16-9-3-4-12-18(16)17/h3-5,7-9,12-13H,6,10-11H2,1-2H3,(H,22,23)/b8-5+,14-7-,17-13+,19-15-. The van der Waals surface area contributed by atoms with Gasteiger partial charge in [0.25, 0.3) is 0 Å². The average Bonchev–Trinajstić information content (AvgIpc) is 2.54. The molecule has 1 aliphatic carbocycles. The van der Waals surface area contributed by atoms with E-state index in [9.17, 15) is 9.18 Å². The minimum Gasteiger partial charge on any atom is -0.476 e. The van der Waals surface area contributed by atoms with Gasteiger partial charge in [-0.1, -0.05) is 54.1 Å². The molecule has 1 aliphatic rings. The first-order chi connectivity index (χ1) is 11.0. The lowest BCUT2D eigenvalue weighted by Gasteiger charge is -2.18. The summed E-state index contributed by atoms with van der Waals surface area (Å²) in [6.07, 6.45) is 10.5.